The van der Waals surface area contributed by atoms with Gasteiger partial charge < -0.3 is 15.3 Å². The first-order valence-electron chi connectivity index (χ1n) is 10.1. The summed E-state index contributed by atoms with van der Waals surface area (Å²) < 4.78 is 43.6. The molecule has 5 rings (SSSR count). The SMILES string of the molecule is O=C1C(C2=NS(=O)(=O)c3cc(I)ccc3N2)=C(O)[C@@H]2CCC[C@@H]2N1Cc1ccc(F)cc1. The van der Waals surface area contributed by atoms with Crippen molar-refractivity contribution in [3.05, 3.63) is 68.7 Å². The van der Waals surface area contributed by atoms with Crippen LogP contribution in [0.2, 0.25) is 0 Å². The normalized spacial score (nSPS) is 24.0. The molecular formula is C22H19FIN3O4S. The van der Waals surface area contributed by atoms with Crippen molar-refractivity contribution in [1.82, 2.24) is 4.90 Å². The molecule has 2 atom stereocenters. The van der Waals surface area contributed by atoms with Crippen LogP contribution in [0.1, 0.15) is 24.8 Å². The second-order valence-electron chi connectivity index (χ2n) is 8.10. The van der Waals surface area contributed by atoms with Crippen LogP contribution in [0.4, 0.5) is 10.1 Å². The number of nitrogens with zero attached hydrogens (tertiary/aromatic N) is 2. The van der Waals surface area contributed by atoms with Crippen LogP contribution in [0.25, 0.3) is 0 Å². The number of nitrogens with one attached hydrogen (secondary N) is 1. The fraction of sp³-hybridized carbons (Fsp3) is 0.273. The Balaban J connectivity index is 1.57. The van der Waals surface area contributed by atoms with Gasteiger partial charge in [-0.05, 0) is 71.3 Å². The number of fused-ring (bicyclic) bond motifs is 2. The lowest BCUT2D eigenvalue weighted by Gasteiger charge is -2.39. The van der Waals surface area contributed by atoms with Gasteiger partial charge in [0.2, 0.25) is 0 Å². The molecule has 10 heteroatoms. The maximum atomic E-state index is 13.5. The van der Waals surface area contributed by atoms with Gasteiger partial charge in [0.05, 0.1) is 5.69 Å². The molecule has 0 bridgehead atoms. The number of amides is 1. The molecule has 32 heavy (non-hydrogen) atoms. The first kappa shape index (κ1) is 21.4. The number of carbonyl (C=O) groups is 1. The number of halogens is 2. The molecule has 0 spiro atoms. The van der Waals surface area contributed by atoms with Crippen molar-refractivity contribution in [3.63, 3.8) is 0 Å². The van der Waals surface area contributed by atoms with Gasteiger partial charge in [-0.3, -0.25) is 4.79 Å². The third-order valence-electron chi connectivity index (χ3n) is 6.15. The molecule has 0 unspecified atom stereocenters. The van der Waals surface area contributed by atoms with Crippen molar-refractivity contribution in [2.75, 3.05) is 5.32 Å². The van der Waals surface area contributed by atoms with Crippen molar-refractivity contribution >= 4 is 50.0 Å². The number of hydrogen-bond donors (Lipinski definition) is 2. The van der Waals surface area contributed by atoms with Crippen molar-refractivity contribution < 1.29 is 22.7 Å². The highest BCUT2D eigenvalue weighted by Gasteiger charge is 2.46. The second kappa shape index (κ2) is 7.84. The minimum Gasteiger partial charge on any atom is -0.511 e. The molecule has 7 nitrogen and oxygen atoms in total. The third kappa shape index (κ3) is 3.58. The first-order valence-corrected chi connectivity index (χ1v) is 12.7. The molecule has 2 heterocycles. The Morgan fingerprint density at radius 2 is 1.94 bits per heavy atom. The molecule has 2 N–H and O–H groups in total. The van der Waals surface area contributed by atoms with Gasteiger partial charge in [-0.15, -0.1) is 4.40 Å². The van der Waals surface area contributed by atoms with Gasteiger partial charge in [-0.1, -0.05) is 18.6 Å². The zero-order valence-electron chi connectivity index (χ0n) is 16.8. The molecule has 0 aromatic heterocycles. The van der Waals surface area contributed by atoms with Crippen LogP contribution < -0.4 is 5.32 Å². The van der Waals surface area contributed by atoms with E-state index in [4.69, 9.17) is 0 Å². The smallest absolute Gasteiger partial charge is 0.286 e. The first-order chi connectivity index (χ1) is 15.2. The van der Waals surface area contributed by atoms with Crippen LogP contribution in [-0.4, -0.2) is 36.2 Å². The zero-order chi connectivity index (χ0) is 22.6. The van der Waals surface area contributed by atoms with E-state index in [2.05, 4.69) is 9.71 Å². The molecule has 1 fully saturated rings. The number of amidine groups is 1. The molecule has 0 radical (unpaired) electrons. The average Bonchev–Trinajstić information content (AvgIpc) is 3.23. The van der Waals surface area contributed by atoms with Gasteiger partial charge >= 0.3 is 0 Å². The Kier molecular flexibility index (Phi) is 5.24. The summed E-state index contributed by atoms with van der Waals surface area (Å²) in [4.78, 5) is 15.2. The summed E-state index contributed by atoms with van der Waals surface area (Å²) in [5, 5.41) is 13.9. The fourth-order valence-electron chi connectivity index (χ4n) is 4.66. The van der Waals surface area contributed by atoms with E-state index in [9.17, 15) is 22.7 Å². The van der Waals surface area contributed by atoms with E-state index in [1.807, 2.05) is 22.6 Å². The summed E-state index contributed by atoms with van der Waals surface area (Å²) >= 11 is 2.02. The van der Waals surface area contributed by atoms with Gasteiger partial charge in [0, 0.05) is 22.1 Å². The number of aliphatic hydroxyl groups excluding tert-OH is 1. The van der Waals surface area contributed by atoms with Crippen LogP contribution in [0, 0.1) is 15.3 Å². The van der Waals surface area contributed by atoms with Gasteiger partial charge in [-0.25, -0.2) is 4.39 Å². The van der Waals surface area contributed by atoms with E-state index in [0.29, 0.717) is 12.1 Å². The number of hydrogen-bond acceptors (Lipinski definition) is 5. The van der Waals surface area contributed by atoms with Gasteiger partial charge in [0.15, 0.2) is 5.84 Å². The maximum absolute atomic E-state index is 13.5. The largest absolute Gasteiger partial charge is 0.511 e. The van der Waals surface area contributed by atoms with E-state index in [0.717, 1.165) is 22.0 Å². The van der Waals surface area contributed by atoms with Crippen molar-refractivity contribution in [1.29, 1.82) is 0 Å². The lowest BCUT2D eigenvalue weighted by molar-refractivity contribution is -0.132. The Labute approximate surface area is 198 Å². The second-order valence-corrected chi connectivity index (χ2v) is 10.9. The quantitative estimate of drug-likeness (QED) is 0.548. The van der Waals surface area contributed by atoms with Crippen molar-refractivity contribution in [2.24, 2.45) is 10.3 Å². The van der Waals surface area contributed by atoms with Crippen molar-refractivity contribution in [2.45, 2.75) is 36.7 Å². The summed E-state index contributed by atoms with van der Waals surface area (Å²) in [6.45, 7) is 0.228. The minimum absolute atomic E-state index is 0.0263. The molecule has 1 amide bonds. The lowest BCUT2D eigenvalue weighted by Crippen LogP contribution is -2.49. The number of aliphatic hydroxyl groups is 1. The summed E-state index contributed by atoms with van der Waals surface area (Å²) in [7, 11) is -4.05. The Hall–Kier alpha value is -2.47. The molecule has 2 aromatic carbocycles. The minimum atomic E-state index is -4.05. The fourth-order valence-corrected chi connectivity index (χ4v) is 6.51. The van der Waals surface area contributed by atoms with Crippen LogP contribution in [0.3, 0.4) is 0 Å². The lowest BCUT2D eigenvalue weighted by atomic mass is 9.89. The number of rotatable bonds is 3. The summed E-state index contributed by atoms with van der Waals surface area (Å²) in [6, 6.07) is 10.6. The molecule has 166 valence electrons. The monoisotopic (exact) mass is 567 g/mol. The molecule has 2 aliphatic heterocycles. The zero-order valence-corrected chi connectivity index (χ0v) is 19.7. The Morgan fingerprint density at radius 3 is 2.69 bits per heavy atom. The van der Waals surface area contributed by atoms with Crippen molar-refractivity contribution in [3.8, 4) is 0 Å². The molecular weight excluding hydrogens is 548 g/mol. The Bertz CT molecular complexity index is 1290. The van der Waals surface area contributed by atoms with E-state index in [-0.39, 0.29) is 46.4 Å². The summed E-state index contributed by atoms with van der Waals surface area (Å²) in [5.41, 5.74) is 0.933. The highest BCUT2D eigenvalue weighted by atomic mass is 127. The number of anilines is 1. The predicted octanol–water partition coefficient (Wildman–Crippen LogP) is 3.97. The van der Waals surface area contributed by atoms with E-state index < -0.39 is 15.9 Å². The summed E-state index contributed by atoms with van der Waals surface area (Å²) in [6.07, 6.45) is 2.25. The van der Waals surface area contributed by atoms with E-state index in [1.54, 1.807) is 29.2 Å². The van der Waals surface area contributed by atoms with Gasteiger partial charge in [0.1, 0.15) is 22.0 Å². The number of benzene rings is 2. The highest BCUT2D eigenvalue weighted by molar-refractivity contribution is 14.1. The molecule has 1 saturated carbocycles. The predicted molar refractivity (Wildman–Crippen MR) is 125 cm³/mol. The van der Waals surface area contributed by atoms with Crippen LogP contribution in [0.5, 0.6) is 0 Å². The average molecular weight is 567 g/mol. The topological polar surface area (TPSA) is 99.1 Å². The molecule has 1 aliphatic carbocycles. The highest BCUT2D eigenvalue weighted by Crippen LogP contribution is 2.42. The molecule has 2 aromatic rings. The van der Waals surface area contributed by atoms with Gasteiger partial charge in [-0.2, -0.15) is 8.42 Å². The third-order valence-corrected chi connectivity index (χ3v) is 8.14. The van der Waals surface area contributed by atoms with Crippen LogP contribution >= 0.6 is 22.6 Å². The van der Waals surface area contributed by atoms with Gasteiger partial charge in [0.25, 0.3) is 15.9 Å². The van der Waals surface area contributed by atoms with E-state index in [1.165, 1.54) is 18.2 Å². The number of sulfonamides is 1. The Morgan fingerprint density at radius 1 is 1.19 bits per heavy atom. The maximum Gasteiger partial charge on any atom is 0.286 e. The molecule has 3 aliphatic rings. The van der Waals surface area contributed by atoms with E-state index >= 15 is 0 Å². The standard InChI is InChI=1S/C22H19FIN3O4S/c23-13-6-4-12(5-7-13)11-27-17-3-1-2-15(17)20(28)19(22(27)29)21-25-16-9-8-14(24)10-18(16)32(30,31)26-21/h4-10,15,17,28H,1-3,11H2,(H,25,26)/t15-,17+/m1/s1. The van der Waals surface area contributed by atoms with Crippen LogP contribution in [-0.2, 0) is 21.4 Å². The summed E-state index contributed by atoms with van der Waals surface area (Å²) in [5.74, 6) is -1.45. The molecule has 0 saturated heterocycles. The number of carbonyl (C=O) groups excluding carboxylic acids is 1. The van der Waals surface area contributed by atoms with Crippen LogP contribution in [0.15, 0.2) is 63.1 Å².